The summed E-state index contributed by atoms with van der Waals surface area (Å²) in [6, 6.07) is 3.72. The summed E-state index contributed by atoms with van der Waals surface area (Å²) in [5, 5.41) is 9.84. The van der Waals surface area contributed by atoms with E-state index in [-0.39, 0.29) is 11.4 Å². The molecule has 0 aliphatic rings. The molecule has 1 atom stereocenters. The molecule has 0 fully saturated rings. The third kappa shape index (κ3) is 2.87. The number of benzene rings is 1. The fourth-order valence-electron chi connectivity index (χ4n) is 1.53. The quantitative estimate of drug-likeness (QED) is 0.855. The predicted octanol–water partition coefficient (Wildman–Crippen LogP) is 2.72. The van der Waals surface area contributed by atoms with E-state index in [1.165, 1.54) is 18.5 Å². The van der Waals surface area contributed by atoms with Crippen LogP contribution in [0, 0.1) is 5.82 Å². The Morgan fingerprint density at radius 3 is 2.26 bits per heavy atom. The molecule has 0 bridgehead atoms. The second kappa shape index (κ2) is 4.93. The molecule has 3 nitrogen and oxygen atoms in total. The maximum absolute atomic E-state index is 13.4. The second-order valence-corrected chi connectivity index (χ2v) is 3.75. The van der Waals surface area contributed by atoms with Gasteiger partial charge in [0, 0.05) is 12.4 Å². The zero-order valence-electron chi connectivity index (χ0n) is 9.39. The molecule has 0 saturated carbocycles. The third-order valence-electron chi connectivity index (χ3n) is 2.44. The molecule has 100 valence electrons. The summed E-state index contributed by atoms with van der Waals surface area (Å²) < 4.78 is 50.5. The number of alkyl halides is 3. The summed E-state index contributed by atoms with van der Waals surface area (Å²) in [5.41, 5.74) is -1.42. The molecule has 0 aliphatic heterocycles. The van der Waals surface area contributed by atoms with Gasteiger partial charge in [-0.15, -0.1) is 0 Å². The Hall–Kier alpha value is -2.02. The molecule has 2 rings (SSSR count). The fraction of sp³-hybridized carbons (Fsp3) is 0.167. The largest absolute Gasteiger partial charge is 0.419 e. The highest BCUT2D eigenvalue weighted by molar-refractivity contribution is 5.30. The first-order valence-electron chi connectivity index (χ1n) is 5.21. The van der Waals surface area contributed by atoms with Crippen molar-refractivity contribution in [3.8, 4) is 0 Å². The van der Waals surface area contributed by atoms with Gasteiger partial charge in [0.05, 0.1) is 5.56 Å². The Kier molecular flexibility index (Phi) is 3.48. The predicted molar refractivity (Wildman–Crippen MR) is 57.5 cm³/mol. The first kappa shape index (κ1) is 13.4. The van der Waals surface area contributed by atoms with Crippen LogP contribution < -0.4 is 0 Å². The van der Waals surface area contributed by atoms with E-state index >= 15 is 0 Å². The lowest BCUT2D eigenvalue weighted by molar-refractivity contribution is -0.140. The molecule has 0 aliphatic carbocycles. The Morgan fingerprint density at radius 1 is 1.11 bits per heavy atom. The molecular formula is C12H8F4N2O. The number of hydrogen-bond acceptors (Lipinski definition) is 3. The first-order chi connectivity index (χ1) is 8.89. The zero-order valence-corrected chi connectivity index (χ0v) is 9.39. The highest BCUT2D eigenvalue weighted by atomic mass is 19.4. The van der Waals surface area contributed by atoms with Gasteiger partial charge in [-0.25, -0.2) is 14.4 Å². The van der Waals surface area contributed by atoms with E-state index < -0.39 is 23.7 Å². The highest BCUT2D eigenvalue weighted by Gasteiger charge is 2.34. The van der Waals surface area contributed by atoms with Crippen LogP contribution in [0.15, 0.2) is 36.7 Å². The van der Waals surface area contributed by atoms with Gasteiger partial charge < -0.3 is 5.11 Å². The van der Waals surface area contributed by atoms with E-state index in [0.29, 0.717) is 12.1 Å². The van der Waals surface area contributed by atoms with Crippen molar-refractivity contribution in [1.82, 2.24) is 9.97 Å². The van der Waals surface area contributed by atoms with Crippen molar-refractivity contribution >= 4 is 0 Å². The minimum Gasteiger partial charge on any atom is -0.380 e. The van der Waals surface area contributed by atoms with Gasteiger partial charge >= 0.3 is 6.18 Å². The molecule has 0 spiro atoms. The Balaban J connectivity index is 2.35. The molecule has 19 heavy (non-hydrogen) atoms. The van der Waals surface area contributed by atoms with Crippen molar-refractivity contribution in [1.29, 1.82) is 0 Å². The number of aromatic nitrogens is 2. The first-order valence-corrected chi connectivity index (χ1v) is 5.21. The molecule has 0 radical (unpaired) electrons. The molecule has 0 saturated heterocycles. The molecular weight excluding hydrogens is 264 g/mol. The summed E-state index contributed by atoms with van der Waals surface area (Å²) in [7, 11) is 0. The lowest BCUT2D eigenvalue weighted by Gasteiger charge is -2.12. The van der Waals surface area contributed by atoms with Crippen LogP contribution in [0.5, 0.6) is 0 Å². The lowest BCUT2D eigenvalue weighted by atomic mass is 10.1. The molecule has 1 aromatic heterocycles. The maximum atomic E-state index is 13.4. The Bertz CT molecular complexity index is 572. The number of halogens is 4. The normalized spacial score (nSPS) is 13.3. The van der Waals surface area contributed by atoms with Crippen molar-refractivity contribution < 1.29 is 22.7 Å². The van der Waals surface area contributed by atoms with Crippen molar-refractivity contribution in [3.05, 3.63) is 59.4 Å². The van der Waals surface area contributed by atoms with E-state index in [4.69, 9.17) is 0 Å². The summed E-state index contributed by atoms with van der Waals surface area (Å²) in [5.74, 6) is -1.46. The topological polar surface area (TPSA) is 46.0 Å². The Labute approximate surface area is 105 Å². The van der Waals surface area contributed by atoms with Crippen molar-refractivity contribution in [2.24, 2.45) is 0 Å². The van der Waals surface area contributed by atoms with Crippen LogP contribution in [0.2, 0.25) is 0 Å². The number of hydrogen-bond donors (Lipinski definition) is 1. The van der Waals surface area contributed by atoms with Crippen LogP contribution in [-0.2, 0) is 6.18 Å². The maximum Gasteiger partial charge on any atom is 0.419 e. The van der Waals surface area contributed by atoms with Gasteiger partial charge in [-0.2, -0.15) is 13.2 Å². The summed E-state index contributed by atoms with van der Waals surface area (Å²) in [4.78, 5) is 7.50. The molecule has 1 aromatic carbocycles. The third-order valence-corrected chi connectivity index (χ3v) is 2.44. The smallest absolute Gasteiger partial charge is 0.380 e. The van der Waals surface area contributed by atoms with Crippen LogP contribution in [0.4, 0.5) is 17.6 Å². The highest BCUT2D eigenvalue weighted by Crippen LogP contribution is 2.32. The van der Waals surface area contributed by atoms with Crippen molar-refractivity contribution in [2.45, 2.75) is 12.3 Å². The van der Waals surface area contributed by atoms with Gasteiger partial charge in [-0.1, -0.05) is 6.07 Å². The average molecular weight is 272 g/mol. The van der Waals surface area contributed by atoms with Crippen molar-refractivity contribution in [3.63, 3.8) is 0 Å². The minimum atomic E-state index is -4.77. The van der Waals surface area contributed by atoms with Gasteiger partial charge in [-0.05, 0) is 23.8 Å². The number of aliphatic hydroxyl groups excluding tert-OH is 1. The monoisotopic (exact) mass is 272 g/mol. The summed E-state index contributed by atoms with van der Waals surface area (Å²) in [6.45, 7) is 0. The van der Waals surface area contributed by atoms with Crippen LogP contribution >= 0.6 is 0 Å². The van der Waals surface area contributed by atoms with Gasteiger partial charge in [-0.3, -0.25) is 0 Å². The minimum absolute atomic E-state index is 0.0124. The number of nitrogens with zero attached hydrogens (tertiary/aromatic N) is 2. The lowest BCUT2D eigenvalue weighted by Crippen LogP contribution is -2.10. The van der Waals surface area contributed by atoms with Crippen LogP contribution in [-0.4, -0.2) is 15.1 Å². The molecule has 1 N–H and O–H groups in total. The molecule has 2 aromatic rings. The van der Waals surface area contributed by atoms with E-state index in [9.17, 15) is 22.7 Å². The van der Waals surface area contributed by atoms with E-state index in [0.717, 1.165) is 6.07 Å². The standard InChI is InChI=1S/C12H8F4N2O/c13-9-6-7(2-3-8(9)12(14,15)16)10(19)11-17-4-1-5-18-11/h1-6,10,19H. The van der Waals surface area contributed by atoms with E-state index in [1.54, 1.807) is 0 Å². The van der Waals surface area contributed by atoms with E-state index in [2.05, 4.69) is 9.97 Å². The zero-order chi connectivity index (χ0) is 14.0. The van der Waals surface area contributed by atoms with Gasteiger partial charge in [0.2, 0.25) is 0 Å². The van der Waals surface area contributed by atoms with Gasteiger partial charge in [0.25, 0.3) is 0 Å². The van der Waals surface area contributed by atoms with E-state index in [1.807, 2.05) is 0 Å². The summed E-state index contributed by atoms with van der Waals surface area (Å²) >= 11 is 0. The van der Waals surface area contributed by atoms with Gasteiger partial charge in [0.15, 0.2) is 5.82 Å². The van der Waals surface area contributed by atoms with Crippen molar-refractivity contribution in [2.75, 3.05) is 0 Å². The van der Waals surface area contributed by atoms with Crippen LogP contribution in [0.25, 0.3) is 0 Å². The number of rotatable bonds is 2. The number of aliphatic hydroxyl groups is 1. The Morgan fingerprint density at radius 2 is 1.74 bits per heavy atom. The molecule has 0 amide bonds. The summed E-state index contributed by atoms with van der Waals surface area (Å²) in [6.07, 6.45) is -3.41. The van der Waals surface area contributed by atoms with Crippen LogP contribution in [0.3, 0.4) is 0 Å². The van der Waals surface area contributed by atoms with Gasteiger partial charge in [0.1, 0.15) is 11.9 Å². The van der Waals surface area contributed by atoms with Crippen LogP contribution in [0.1, 0.15) is 23.1 Å². The average Bonchev–Trinajstić information content (AvgIpc) is 2.37. The molecule has 1 unspecified atom stereocenters. The molecule has 1 heterocycles. The SMILES string of the molecule is OC(c1ccc(C(F)(F)F)c(F)c1)c1ncccn1. The second-order valence-electron chi connectivity index (χ2n) is 3.75. The molecule has 7 heteroatoms. The fourth-order valence-corrected chi connectivity index (χ4v) is 1.53.